The summed E-state index contributed by atoms with van der Waals surface area (Å²) in [6, 6.07) is -0.327. The molecule has 4 rings (SSSR count). The molecular formula is C17H26N2O2. The van der Waals surface area contributed by atoms with E-state index in [9.17, 15) is 9.59 Å². The normalized spacial score (nSPS) is 44.1. The summed E-state index contributed by atoms with van der Waals surface area (Å²) in [5, 5.41) is 2.96. The van der Waals surface area contributed by atoms with Crippen molar-refractivity contribution in [3.8, 4) is 0 Å². The number of fused-ring (bicyclic) bond motifs is 2. The van der Waals surface area contributed by atoms with Gasteiger partial charge in [-0.1, -0.05) is 6.42 Å². The molecule has 4 fully saturated rings. The summed E-state index contributed by atoms with van der Waals surface area (Å²) < 4.78 is 0. The summed E-state index contributed by atoms with van der Waals surface area (Å²) in [5.74, 6) is 2.89. The van der Waals surface area contributed by atoms with E-state index in [2.05, 4.69) is 12.2 Å². The van der Waals surface area contributed by atoms with Crippen LogP contribution in [0.5, 0.6) is 0 Å². The highest BCUT2D eigenvalue weighted by Gasteiger charge is 2.50. The lowest BCUT2D eigenvalue weighted by molar-refractivity contribution is -0.153. The molecule has 0 aromatic heterocycles. The van der Waals surface area contributed by atoms with Crippen molar-refractivity contribution in [2.45, 2.75) is 70.5 Å². The molecule has 4 nitrogen and oxygen atoms in total. The van der Waals surface area contributed by atoms with Gasteiger partial charge in [-0.3, -0.25) is 9.59 Å². The molecular weight excluding hydrogens is 264 g/mol. The van der Waals surface area contributed by atoms with Crippen molar-refractivity contribution < 1.29 is 9.59 Å². The summed E-state index contributed by atoms with van der Waals surface area (Å²) in [7, 11) is 0. The minimum absolute atomic E-state index is 0.0431. The number of hydrogen-bond acceptors (Lipinski definition) is 2. The van der Waals surface area contributed by atoms with E-state index >= 15 is 0 Å². The first-order valence-corrected chi connectivity index (χ1v) is 8.68. The first kappa shape index (κ1) is 13.6. The zero-order chi connectivity index (χ0) is 14.7. The van der Waals surface area contributed by atoms with Crippen molar-refractivity contribution in [2.24, 2.45) is 23.7 Å². The van der Waals surface area contributed by atoms with Gasteiger partial charge in [0.05, 0.1) is 0 Å². The van der Waals surface area contributed by atoms with Crippen LogP contribution in [-0.2, 0) is 9.59 Å². The highest BCUT2D eigenvalue weighted by atomic mass is 16.2. The zero-order valence-electron chi connectivity index (χ0n) is 13.0. The molecule has 0 spiro atoms. The number of rotatable bonds is 3. The summed E-state index contributed by atoms with van der Waals surface area (Å²) >= 11 is 0. The molecule has 1 heterocycles. The maximum atomic E-state index is 12.9. The van der Waals surface area contributed by atoms with Crippen molar-refractivity contribution in [2.75, 3.05) is 0 Å². The van der Waals surface area contributed by atoms with Crippen LogP contribution in [0.1, 0.15) is 52.4 Å². The van der Waals surface area contributed by atoms with Gasteiger partial charge in [-0.25, -0.2) is 0 Å². The molecule has 4 aliphatic rings. The maximum Gasteiger partial charge on any atom is 0.246 e. The van der Waals surface area contributed by atoms with Crippen LogP contribution in [0.25, 0.3) is 0 Å². The topological polar surface area (TPSA) is 49.4 Å². The van der Waals surface area contributed by atoms with Gasteiger partial charge in [0.2, 0.25) is 11.8 Å². The van der Waals surface area contributed by atoms with E-state index in [0.717, 1.165) is 24.7 Å². The van der Waals surface area contributed by atoms with E-state index in [4.69, 9.17) is 0 Å². The van der Waals surface area contributed by atoms with Gasteiger partial charge in [0.25, 0.3) is 0 Å². The number of carbonyl (C=O) groups excluding carboxylic acids is 2. The highest BCUT2D eigenvalue weighted by Crippen LogP contribution is 2.50. The molecule has 0 aromatic carbocycles. The molecule has 4 heteroatoms. The summed E-state index contributed by atoms with van der Waals surface area (Å²) in [6.07, 6.45) is 7.49. The Balaban J connectivity index is 1.55. The van der Waals surface area contributed by atoms with Gasteiger partial charge >= 0.3 is 0 Å². The van der Waals surface area contributed by atoms with E-state index in [0.29, 0.717) is 11.8 Å². The van der Waals surface area contributed by atoms with E-state index in [1.165, 1.54) is 25.7 Å². The molecule has 3 saturated carbocycles. The molecule has 21 heavy (non-hydrogen) atoms. The quantitative estimate of drug-likeness (QED) is 0.863. The van der Waals surface area contributed by atoms with Gasteiger partial charge in [0.1, 0.15) is 12.1 Å². The van der Waals surface area contributed by atoms with Crippen LogP contribution in [-0.4, -0.2) is 34.8 Å². The molecule has 1 saturated heterocycles. The summed E-state index contributed by atoms with van der Waals surface area (Å²) in [6.45, 7) is 4.07. The van der Waals surface area contributed by atoms with Gasteiger partial charge in [-0.2, -0.15) is 0 Å². The molecule has 1 aliphatic heterocycles. The van der Waals surface area contributed by atoms with E-state index < -0.39 is 0 Å². The Bertz CT molecular complexity index is 473. The van der Waals surface area contributed by atoms with Crippen LogP contribution < -0.4 is 5.32 Å². The first-order valence-electron chi connectivity index (χ1n) is 8.68. The standard InChI is InChI=1S/C17H26N2O2/c1-9(14-8-11-3-4-13(14)7-11)19-10(2)16(20)18-15(17(19)21)12-5-6-12/h9-15H,3-8H2,1-2H3,(H,18,20). The van der Waals surface area contributed by atoms with E-state index in [1.54, 1.807) is 0 Å². The number of nitrogens with one attached hydrogen (secondary N) is 1. The third-order valence-corrected chi connectivity index (χ3v) is 6.56. The van der Waals surface area contributed by atoms with E-state index in [-0.39, 0.29) is 29.9 Å². The van der Waals surface area contributed by atoms with Crippen molar-refractivity contribution in [1.29, 1.82) is 0 Å². The van der Waals surface area contributed by atoms with Crippen LogP contribution in [0.15, 0.2) is 0 Å². The van der Waals surface area contributed by atoms with Crippen molar-refractivity contribution >= 4 is 11.8 Å². The van der Waals surface area contributed by atoms with Crippen LogP contribution in [0.4, 0.5) is 0 Å². The van der Waals surface area contributed by atoms with Crippen LogP contribution >= 0.6 is 0 Å². The Morgan fingerprint density at radius 1 is 1.10 bits per heavy atom. The Hall–Kier alpha value is -1.06. The highest BCUT2D eigenvalue weighted by molar-refractivity contribution is 5.97. The SMILES string of the molecule is CC1C(=O)NC(C2CC2)C(=O)N1C(C)C1CC2CCC1C2. The second kappa shape index (κ2) is 4.72. The zero-order valence-corrected chi connectivity index (χ0v) is 13.0. The third-order valence-electron chi connectivity index (χ3n) is 6.56. The second-order valence-corrected chi connectivity index (χ2v) is 7.82. The van der Waals surface area contributed by atoms with Crippen molar-refractivity contribution in [3.63, 3.8) is 0 Å². The monoisotopic (exact) mass is 290 g/mol. The predicted molar refractivity (Wildman–Crippen MR) is 79.4 cm³/mol. The average Bonchev–Trinajstić information content (AvgIpc) is 3.08. The van der Waals surface area contributed by atoms with Crippen molar-refractivity contribution in [3.05, 3.63) is 0 Å². The minimum Gasteiger partial charge on any atom is -0.342 e. The van der Waals surface area contributed by atoms with Crippen molar-refractivity contribution in [1.82, 2.24) is 10.2 Å². The van der Waals surface area contributed by atoms with E-state index in [1.807, 2.05) is 11.8 Å². The van der Waals surface area contributed by atoms with Gasteiger partial charge in [0, 0.05) is 6.04 Å². The molecule has 6 unspecified atom stereocenters. The number of nitrogens with zero attached hydrogens (tertiary/aromatic N) is 1. The molecule has 2 amide bonds. The van der Waals surface area contributed by atoms with Crippen LogP contribution in [0.3, 0.4) is 0 Å². The average molecular weight is 290 g/mol. The molecule has 1 N–H and O–H groups in total. The first-order chi connectivity index (χ1) is 10.1. The fourth-order valence-corrected chi connectivity index (χ4v) is 5.21. The number of piperazine rings is 1. The molecule has 0 radical (unpaired) electrons. The summed E-state index contributed by atoms with van der Waals surface area (Å²) in [4.78, 5) is 27.1. The van der Waals surface area contributed by atoms with Gasteiger partial charge in [-0.15, -0.1) is 0 Å². The second-order valence-electron chi connectivity index (χ2n) is 7.82. The minimum atomic E-state index is -0.304. The predicted octanol–water partition coefficient (Wildman–Crippen LogP) is 1.94. The fourth-order valence-electron chi connectivity index (χ4n) is 5.21. The lowest BCUT2D eigenvalue weighted by Gasteiger charge is -2.44. The Kier molecular flexibility index (Phi) is 3.05. The molecule has 0 aromatic rings. The van der Waals surface area contributed by atoms with Gasteiger partial charge in [0.15, 0.2) is 0 Å². The smallest absolute Gasteiger partial charge is 0.246 e. The number of carbonyl (C=O) groups is 2. The molecule has 2 bridgehead atoms. The Morgan fingerprint density at radius 2 is 1.81 bits per heavy atom. The lowest BCUT2D eigenvalue weighted by atomic mass is 9.82. The molecule has 3 aliphatic carbocycles. The van der Waals surface area contributed by atoms with Crippen LogP contribution in [0, 0.1) is 23.7 Å². The molecule has 6 atom stereocenters. The van der Waals surface area contributed by atoms with Gasteiger partial charge in [-0.05, 0) is 69.6 Å². The third kappa shape index (κ3) is 2.09. The largest absolute Gasteiger partial charge is 0.342 e. The number of amides is 2. The Morgan fingerprint density at radius 3 is 2.38 bits per heavy atom. The lowest BCUT2D eigenvalue weighted by Crippen LogP contribution is -2.66. The fraction of sp³-hybridized carbons (Fsp3) is 0.882. The Labute approximate surface area is 126 Å². The molecule has 116 valence electrons. The van der Waals surface area contributed by atoms with Crippen LogP contribution in [0.2, 0.25) is 0 Å². The van der Waals surface area contributed by atoms with Gasteiger partial charge < -0.3 is 10.2 Å². The summed E-state index contributed by atoms with van der Waals surface area (Å²) in [5.41, 5.74) is 0. The number of hydrogen-bond donors (Lipinski definition) is 1. The maximum absolute atomic E-state index is 12.9.